The van der Waals surface area contributed by atoms with E-state index in [4.69, 9.17) is 9.15 Å². The summed E-state index contributed by atoms with van der Waals surface area (Å²) < 4.78 is 14.2. The number of furan rings is 1. The maximum absolute atomic E-state index is 12.2. The van der Waals surface area contributed by atoms with Gasteiger partial charge in [0.2, 0.25) is 0 Å². The topological polar surface area (TPSA) is 39.4 Å². The molecule has 0 atom stereocenters. The lowest BCUT2D eigenvalue weighted by Crippen LogP contribution is -1.95. The zero-order valence-electron chi connectivity index (χ0n) is 14.3. The van der Waals surface area contributed by atoms with Crippen LogP contribution in [0, 0.1) is 6.92 Å². The van der Waals surface area contributed by atoms with Crippen molar-refractivity contribution in [2.75, 3.05) is 0 Å². The minimum absolute atomic E-state index is 0.0596. The van der Waals surface area contributed by atoms with E-state index in [-0.39, 0.29) is 12.4 Å². The highest BCUT2D eigenvalue weighted by atomic mass is 79.9. The van der Waals surface area contributed by atoms with Crippen LogP contribution in [0.4, 0.5) is 0 Å². The molecule has 0 amide bonds. The molecule has 0 aliphatic carbocycles. The molecule has 27 heavy (non-hydrogen) atoms. The van der Waals surface area contributed by atoms with E-state index >= 15 is 0 Å². The number of halogens is 3. The molecule has 1 aromatic heterocycles. The molecule has 3 aromatic rings. The van der Waals surface area contributed by atoms with Gasteiger partial charge >= 0.3 is 0 Å². The molecule has 0 bridgehead atoms. The van der Waals surface area contributed by atoms with Gasteiger partial charge in [-0.2, -0.15) is 0 Å². The summed E-state index contributed by atoms with van der Waals surface area (Å²) in [4.78, 5) is 12.2. The van der Waals surface area contributed by atoms with Crippen LogP contribution in [0.1, 0.15) is 27.4 Å². The number of carbonyl (C=O) groups excluding carboxylic acids is 1. The number of ether oxygens (including phenoxy) is 1. The summed E-state index contributed by atoms with van der Waals surface area (Å²) in [6.45, 7) is 2.24. The molecular formula is C21H15Br3O3. The van der Waals surface area contributed by atoms with Crippen LogP contribution in [-0.4, -0.2) is 5.78 Å². The van der Waals surface area contributed by atoms with E-state index in [1.165, 1.54) is 6.08 Å². The highest BCUT2D eigenvalue weighted by Crippen LogP contribution is 2.36. The number of hydrogen-bond donors (Lipinski definition) is 0. The first-order chi connectivity index (χ1) is 12.9. The van der Waals surface area contributed by atoms with Gasteiger partial charge in [0.15, 0.2) is 5.78 Å². The molecule has 1 heterocycles. The number of ketones is 1. The van der Waals surface area contributed by atoms with Gasteiger partial charge in [0.25, 0.3) is 0 Å². The predicted molar refractivity (Wildman–Crippen MR) is 117 cm³/mol. The van der Waals surface area contributed by atoms with Gasteiger partial charge in [-0.3, -0.25) is 4.79 Å². The van der Waals surface area contributed by atoms with Gasteiger partial charge in [0.05, 0.1) is 8.95 Å². The van der Waals surface area contributed by atoms with Gasteiger partial charge in [-0.25, -0.2) is 0 Å². The van der Waals surface area contributed by atoms with Gasteiger partial charge in [0.1, 0.15) is 23.9 Å². The van der Waals surface area contributed by atoms with E-state index in [1.807, 2.05) is 49.4 Å². The van der Waals surface area contributed by atoms with E-state index in [2.05, 4.69) is 47.8 Å². The second kappa shape index (κ2) is 9.04. The number of benzene rings is 2. The molecule has 3 nitrogen and oxygen atoms in total. The average Bonchev–Trinajstić information content (AvgIpc) is 3.06. The van der Waals surface area contributed by atoms with Crippen LogP contribution in [0.25, 0.3) is 6.08 Å². The Bertz CT molecular complexity index is 982. The van der Waals surface area contributed by atoms with E-state index in [9.17, 15) is 4.79 Å². The van der Waals surface area contributed by atoms with Crippen LogP contribution in [0.2, 0.25) is 0 Å². The van der Waals surface area contributed by atoms with Crippen molar-refractivity contribution in [3.05, 3.63) is 90.7 Å². The van der Waals surface area contributed by atoms with Crippen molar-refractivity contribution < 1.29 is 13.9 Å². The van der Waals surface area contributed by atoms with Gasteiger partial charge < -0.3 is 9.15 Å². The molecule has 0 aliphatic rings. The van der Waals surface area contributed by atoms with E-state index < -0.39 is 0 Å². The Morgan fingerprint density at radius 2 is 1.81 bits per heavy atom. The molecule has 0 aliphatic heterocycles. The average molecular weight is 555 g/mol. The minimum atomic E-state index is -0.0596. The van der Waals surface area contributed by atoms with Crippen molar-refractivity contribution in [1.29, 1.82) is 0 Å². The molecule has 6 heteroatoms. The van der Waals surface area contributed by atoms with Crippen LogP contribution in [-0.2, 0) is 6.61 Å². The molecule has 0 saturated heterocycles. The maximum atomic E-state index is 12.2. The van der Waals surface area contributed by atoms with Gasteiger partial charge in [-0.1, -0.05) is 39.7 Å². The molecule has 0 unspecified atom stereocenters. The zero-order valence-corrected chi connectivity index (χ0v) is 19.1. The predicted octanol–water partition coefficient (Wildman–Crippen LogP) is 7.35. The number of aryl methyl sites for hydroxylation is 1. The summed E-state index contributed by atoms with van der Waals surface area (Å²) in [6.07, 6.45) is 3.18. The van der Waals surface area contributed by atoms with Crippen LogP contribution >= 0.6 is 47.8 Å². The van der Waals surface area contributed by atoms with Crippen LogP contribution in [0.15, 0.2) is 72.4 Å². The highest BCUT2D eigenvalue weighted by molar-refractivity contribution is 9.11. The van der Waals surface area contributed by atoms with Crippen molar-refractivity contribution in [3.8, 4) is 5.75 Å². The molecule has 2 aromatic carbocycles. The SMILES string of the molecule is Cc1cccc(C(=O)/C=C/c2ccc(COc3c(Br)cc(Br)cc3Br)o2)c1. The van der Waals surface area contributed by atoms with Crippen molar-refractivity contribution in [2.45, 2.75) is 13.5 Å². The second-order valence-electron chi connectivity index (χ2n) is 5.86. The summed E-state index contributed by atoms with van der Waals surface area (Å²) in [5.41, 5.74) is 1.71. The molecule has 0 N–H and O–H groups in total. The number of carbonyl (C=O) groups is 1. The molecule has 0 saturated carbocycles. The molecule has 138 valence electrons. The van der Waals surface area contributed by atoms with Gasteiger partial charge in [-0.05, 0) is 81.3 Å². The summed E-state index contributed by atoms with van der Waals surface area (Å²) >= 11 is 10.4. The van der Waals surface area contributed by atoms with Crippen LogP contribution in [0.5, 0.6) is 5.75 Å². The normalized spacial score (nSPS) is 11.1. The monoisotopic (exact) mass is 552 g/mol. The van der Waals surface area contributed by atoms with Crippen molar-refractivity contribution in [1.82, 2.24) is 0 Å². The third-order valence-corrected chi connectivity index (χ3v) is 5.34. The lowest BCUT2D eigenvalue weighted by atomic mass is 10.1. The first-order valence-corrected chi connectivity index (χ1v) is 10.5. The lowest BCUT2D eigenvalue weighted by Gasteiger charge is -2.09. The number of hydrogen-bond acceptors (Lipinski definition) is 3. The molecule has 3 rings (SSSR count). The maximum Gasteiger partial charge on any atom is 0.185 e. The second-order valence-corrected chi connectivity index (χ2v) is 8.48. The molecule has 0 fully saturated rings. The molecule has 0 radical (unpaired) electrons. The lowest BCUT2D eigenvalue weighted by molar-refractivity contribution is 0.104. The molecular weight excluding hydrogens is 540 g/mol. The third kappa shape index (κ3) is 5.43. The Balaban J connectivity index is 1.64. The van der Waals surface area contributed by atoms with E-state index in [0.717, 1.165) is 19.0 Å². The standard InChI is InChI=1S/C21H15Br3O3/c1-13-3-2-4-14(9-13)20(25)8-7-16-5-6-17(27-16)12-26-21-18(23)10-15(22)11-19(21)24/h2-11H,12H2,1H3/b8-7+. The first-order valence-electron chi connectivity index (χ1n) is 8.07. The Labute approximate surface area is 182 Å². The minimum Gasteiger partial charge on any atom is -0.483 e. The number of rotatable bonds is 6. The fourth-order valence-electron chi connectivity index (χ4n) is 2.42. The summed E-state index contributed by atoms with van der Waals surface area (Å²) in [6, 6.07) is 15.0. The third-order valence-electron chi connectivity index (χ3n) is 3.71. The summed E-state index contributed by atoms with van der Waals surface area (Å²) in [5, 5.41) is 0. The summed E-state index contributed by atoms with van der Waals surface area (Å²) in [7, 11) is 0. The quantitative estimate of drug-likeness (QED) is 0.236. The van der Waals surface area contributed by atoms with Gasteiger partial charge in [0, 0.05) is 10.0 Å². The number of allylic oxidation sites excluding steroid dienone is 1. The van der Waals surface area contributed by atoms with E-state index in [1.54, 1.807) is 12.1 Å². The zero-order chi connectivity index (χ0) is 19.4. The molecule has 0 spiro atoms. The van der Waals surface area contributed by atoms with Crippen molar-refractivity contribution in [3.63, 3.8) is 0 Å². The Hall–Kier alpha value is -1.63. The van der Waals surface area contributed by atoms with E-state index in [0.29, 0.717) is 22.8 Å². The summed E-state index contributed by atoms with van der Waals surface area (Å²) in [5.74, 6) is 1.90. The Morgan fingerprint density at radius 1 is 1.07 bits per heavy atom. The van der Waals surface area contributed by atoms with Gasteiger partial charge in [-0.15, -0.1) is 0 Å². The van der Waals surface area contributed by atoms with Crippen molar-refractivity contribution in [2.24, 2.45) is 0 Å². The van der Waals surface area contributed by atoms with Crippen LogP contribution < -0.4 is 4.74 Å². The highest BCUT2D eigenvalue weighted by Gasteiger charge is 2.10. The first kappa shape index (κ1) is 20.1. The Morgan fingerprint density at radius 3 is 2.52 bits per heavy atom. The fraction of sp³-hybridized carbons (Fsp3) is 0.0952. The largest absolute Gasteiger partial charge is 0.483 e. The van der Waals surface area contributed by atoms with Crippen LogP contribution in [0.3, 0.4) is 0 Å². The fourth-order valence-corrected chi connectivity index (χ4v) is 4.91. The van der Waals surface area contributed by atoms with Crippen molar-refractivity contribution >= 4 is 59.6 Å². The smallest absolute Gasteiger partial charge is 0.185 e. The Kier molecular flexibility index (Phi) is 6.73.